The summed E-state index contributed by atoms with van der Waals surface area (Å²) in [7, 11) is 0. The molecular weight excluding hydrogens is 1390 g/mol. The number of benzene rings is 6. The largest absolute Gasteiger partial charge is 0.383 e. The highest BCUT2D eigenvalue weighted by atomic mass is 35.5. The van der Waals surface area contributed by atoms with E-state index in [1.807, 2.05) is 97.9 Å². The van der Waals surface area contributed by atoms with Gasteiger partial charge >= 0.3 is 0 Å². The number of nitrogens with two attached hydrogens (primary N) is 3. The van der Waals surface area contributed by atoms with E-state index in [9.17, 15) is 18.8 Å². The maximum Gasteiger partial charge on any atom is 0.264 e. The number of fused-ring (bicyclic) bond motifs is 6. The van der Waals surface area contributed by atoms with E-state index < -0.39 is 11.4 Å². The van der Waals surface area contributed by atoms with Gasteiger partial charge in [-0.15, -0.1) is 0 Å². The number of pyridine rings is 3. The Morgan fingerprint density at radius 1 is 0.404 bits per heavy atom. The van der Waals surface area contributed by atoms with Crippen molar-refractivity contribution in [1.82, 2.24) is 104 Å². The Balaban J connectivity index is 0.000000120. The Labute approximate surface area is 599 Å². The summed E-state index contributed by atoms with van der Waals surface area (Å²) < 4.78 is 24.6. The van der Waals surface area contributed by atoms with Crippen molar-refractivity contribution in [3.8, 4) is 50.8 Å². The summed E-state index contributed by atoms with van der Waals surface area (Å²) in [5.74, 6) is 0.351. The van der Waals surface area contributed by atoms with Gasteiger partial charge < -0.3 is 17.2 Å². The second-order valence-corrected chi connectivity index (χ2v) is 25.1. The van der Waals surface area contributed by atoms with Crippen molar-refractivity contribution in [3.63, 3.8) is 0 Å². The smallest absolute Gasteiger partial charge is 0.264 e. The van der Waals surface area contributed by atoms with Crippen LogP contribution in [-0.2, 0) is 19.6 Å². The van der Waals surface area contributed by atoms with Gasteiger partial charge in [0, 0.05) is 63.7 Å². The molecule has 0 bridgehead atoms. The fourth-order valence-corrected chi connectivity index (χ4v) is 13.7. The van der Waals surface area contributed by atoms with Crippen LogP contribution >= 0.6 is 34.8 Å². The molecule has 0 fully saturated rings. The van der Waals surface area contributed by atoms with Crippen LogP contribution in [0.5, 0.6) is 0 Å². The van der Waals surface area contributed by atoms with Gasteiger partial charge in [0.05, 0.1) is 91.3 Å². The van der Waals surface area contributed by atoms with E-state index in [-0.39, 0.29) is 47.3 Å². The Bertz CT molecular complexity index is 6550. The molecule has 0 aliphatic rings. The number of nitrogens with one attached hydrogen (secondary N) is 3. The highest BCUT2D eigenvalue weighted by Crippen LogP contribution is 2.35. The van der Waals surface area contributed by atoms with E-state index >= 15 is 0 Å². The van der Waals surface area contributed by atoms with Crippen molar-refractivity contribution >= 4 is 118 Å². The predicted molar refractivity (Wildman–Crippen MR) is 398 cm³/mol. The van der Waals surface area contributed by atoms with Gasteiger partial charge in [0.2, 0.25) is 0 Å². The number of H-pyrrole nitrogens is 3. The van der Waals surface area contributed by atoms with Gasteiger partial charge in [0.1, 0.15) is 59.3 Å². The summed E-state index contributed by atoms with van der Waals surface area (Å²) in [5, 5.41) is 41.0. The first kappa shape index (κ1) is 65.1. The number of aromatic nitrogens is 21. The topological polar surface area (TPSA) is 361 Å². The molecule has 0 saturated carbocycles. The predicted octanol–water partition coefficient (Wildman–Crippen LogP) is 11.9. The Hall–Kier alpha value is -13.6. The fraction of sp³-hybridized carbons (Fsp3) is 0.0548. The summed E-state index contributed by atoms with van der Waals surface area (Å²) in [6, 6.07) is 45.0. The lowest BCUT2D eigenvalue weighted by molar-refractivity contribution is 0.606. The van der Waals surface area contributed by atoms with Crippen molar-refractivity contribution in [3.05, 3.63) is 282 Å². The SMILES string of the molecule is Cc1cccc(-n2c(Cn3nc(-c4cn[nH]c4)c4c(N)ncnc43)cc3cccc(Cl)c3c2=O)c1.Nc1ncnc2c1c(-c1cn[nH]c1)nn2Cc1cc2cccc(Cl)c2c(=O)n1-c1ccccc1.Nc1ncnc2c1c(-c1cn[nH]c1)nn2Cc1cc2cccc(Cl)c2c(=O)n1-c1ccccc1F. The van der Waals surface area contributed by atoms with Gasteiger partial charge in [0.15, 0.2) is 16.9 Å². The van der Waals surface area contributed by atoms with E-state index in [1.54, 1.807) is 115 Å². The standard InChI is InChI=1S/C25H19ClN8O.C24H16ClFN8O.C24H17ClN8O/c1-14-4-2-6-17(8-14)34-18(9-15-5-3-7-19(26)20(15)25(34)35)12-33-24-21(23(27)28-13-29-24)22(32-33)16-10-30-31-11-16;25-16-5-3-4-13-8-15(34(24(35)19(13)16)18-7-2-1-6-17(18)26)11-33-23-20(22(27)28-12-29-23)21(32-33)14-9-30-31-10-14;25-18-8-4-5-14-9-17(33(24(34)19(14)18)16-6-2-1-3-7-16)12-32-23-20(22(26)27-13-28-23)21(31-32)15-10-29-30-11-15/h2-11,13H,12H2,1H3,(H,30,31)(H2,27,28,29);1-10,12H,11H2,(H,30,31)(H2,27,28,29);1-11,13H,12H2,(H,29,30)(H2,26,27,28). The minimum absolute atomic E-state index is 0.0941. The third-order valence-electron chi connectivity index (χ3n) is 17.5. The van der Waals surface area contributed by atoms with Gasteiger partial charge in [-0.25, -0.2) is 48.3 Å². The van der Waals surface area contributed by atoms with Crippen LogP contribution in [0.4, 0.5) is 21.8 Å². The summed E-state index contributed by atoms with van der Waals surface area (Å²) >= 11 is 19.2. The number of rotatable bonds is 12. The van der Waals surface area contributed by atoms with E-state index in [1.165, 1.54) is 29.6 Å². The van der Waals surface area contributed by atoms with E-state index in [4.69, 9.17) is 67.3 Å². The maximum absolute atomic E-state index is 14.9. The third kappa shape index (κ3) is 11.7. The molecule has 12 heterocycles. The zero-order valence-electron chi connectivity index (χ0n) is 54.3. The van der Waals surface area contributed by atoms with Crippen molar-refractivity contribution in [2.24, 2.45) is 0 Å². The number of nitrogens with zero attached hydrogens (tertiary/aromatic N) is 18. The van der Waals surface area contributed by atoms with Gasteiger partial charge in [-0.3, -0.25) is 43.4 Å². The number of nitrogen functional groups attached to an aromatic ring is 3. The second kappa shape index (κ2) is 26.8. The molecule has 104 heavy (non-hydrogen) atoms. The molecule has 12 aromatic heterocycles. The average Bonchev–Trinajstić information content (AvgIpc) is 1.23. The highest BCUT2D eigenvalue weighted by Gasteiger charge is 2.26. The number of halogens is 4. The van der Waals surface area contributed by atoms with Crippen LogP contribution in [-0.4, -0.2) is 104 Å². The normalized spacial score (nSPS) is 11.5. The number of hydrogen-bond donors (Lipinski definition) is 6. The van der Waals surface area contributed by atoms with Gasteiger partial charge in [0.25, 0.3) is 16.7 Å². The lowest BCUT2D eigenvalue weighted by Crippen LogP contribution is -2.25. The lowest BCUT2D eigenvalue weighted by Gasteiger charge is -2.16. The molecule has 0 aliphatic heterocycles. The van der Waals surface area contributed by atoms with E-state index in [0.717, 1.165) is 44.5 Å². The van der Waals surface area contributed by atoms with Crippen molar-refractivity contribution in [2.45, 2.75) is 26.6 Å². The Morgan fingerprint density at radius 2 is 0.769 bits per heavy atom. The molecule has 6 aromatic carbocycles. The molecule has 18 aromatic rings. The summed E-state index contributed by atoms with van der Waals surface area (Å²) in [4.78, 5) is 66.8. The highest BCUT2D eigenvalue weighted by molar-refractivity contribution is 6.36. The fourth-order valence-electron chi connectivity index (χ4n) is 12.9. The van der Waals surface area contributed by atoms with Crippen LogP contribution in [0.2, 0.25) is 15.1 Å². The van der Waals surface area contributed by atoms with Gasteiger partial charge in [-0.1, -0.05) is 114 Å². The number of aryl methyl sites for hydroxylation is 1. The molecule has 0 unspecified atom stereocenters. The van der Waals surface area contributed by atoms with Crippen molar-refractivity contribution in [1.29, 1.82) is 0 Å². The molecule has 27 nitrogen and oxygen atoms in total. The van der Waals surface area contributed by atoms with Crippen LogP contribution in [0, 0.1) is 12.7 Å². The molecule has 0 spiro atoms. The summed E-state index contributed by atoms with van der Waals surface area (Å²) in [5.41, 5.74) is 27.8. The van der Waals surface area contributed by atoms with Gasteiger partial charge in [-0.05, 0) is 101 Å². The van der Waals surface area contributed by atoms with Crippen LogP contribution < -0.4 is 33.9 Å². The molecule has 0 radical (unpaired) electrons. The van der Waals surface area contributed by atoms with Crippen LogP contribution in [0.25, 0.3) is 116 Å². The quantitative estimate of drug-likeness (QED) is 0.0661. The van der Waals surface area contributed by atoms with Crippen LogP contribution in [0.3, 0.4) is 0 Å². The number of aromatic amines is 3. The average molecular weight is 1440 g/mol. The maximum atomic E-state index is 14.9. The third-order valence-corrected chi connectivity index (χ3v) is 18.5. The van der Waals surface area contributed by atoms with Crippen molar-refractivity contribution in [2.75, 3.05) is 17.2 Å². The van der Waals surface area contributed by atoms with Crippen molar-refractivity contribution < 1.29 is 4.39 Å². The molecule has 9 N–H and O–H groups in total. The Morgan fingerprint density at radius 3 is 1.16 bits per heavy atom. The zero-order chi connectivity index (χ0) is 71.4. The molecule has 31 heteroatoms. The first-order chi connectivity index (χ1) is 50.6. The summed E-state index contributed by atoms with van der Waals surface area (Å²) in [6.07, 6.45) is 14.3. The molecule has 0 aliphatic carbocycles. The molecule has 18 rings (SSSR count). The van der Waals surface area contributed by atoms with Crippen LogP contribution in [0.15, 0.2) is 222 Å². The minimum atomic E-state index is -0.543. The molecule has 510 valence electrons. The molecule has 0 saturated heterocycles. The number of hydrogen-bond acceptors (Lipinski definition) is 18. The number of para-hydroxylation sites is 2. The lowest BCUT2D eigenvalue weighted by atomic mass is 10.1. The molecular formula is C73H52Cl3FN24O3. The molecule has 0 atom stereocenters. The monoisotopic (exact) mass is 1440 g/mol. The zero-order valence-corrected chi connectivity index (χ0v) is 56.5. The van der Waals surface area contributed by atoms with E-state index in [2.05, 4.69) is 60.5 Å². The molecule has 0 amide bonds. The number of anilines is 3. The first-order valence-electron chi connectivity index (χ1n) is 31.9. The first-order valence-corrected chi connectivity index (χ1v) is 33.0. The van der Waals surface area contributed by atoms with Crippen LogP contribution in [0.1, 0.15) is 22.6 Å². The second-order valence-electron chi connectivity index (χ2n) is 23.9. The summed E-state index contributed by atoms with van der Waals surface area (Å²) in [6.45, 7) is 2.60. The van der Waals surface area contributed by atoms with Gasteiger partial charge in [-0.2, -0.15) is 30.6 Å². The van der Waals surface area contributed by atoms with E-state index in [0.29, 0.717) is 110 Å². The Kier molecular flexibility index (Phi) is 16.8. The minimum Gasteiger partial charge on any atom is -0.383 e.